The van der Waals surface area contributed by atoms with Gasteiger partial charge in [0.05, 0.1) is 0 Å². The minimum Gasteiger partial charge on any atom is -0.355 e. The minimum absolute atomic E-state index is 0. The number of halogens is 1. The second-order valence-electron chi connectivity index (χ2n) is 6.03. The number of guanidine groups is 1. The average Bonchev–Trinajstić information content (AvgIpc) is 2.56. The normalized spacial score (nSPS) is 12.5. The molecule has 1 N–H and O–H groups in total. The number of hydrogen-bond acceptors (Lipinski definition) is 2. The topological polar surface area (TPSA) is 30.9 Å². The third-order valence-electron chi connectivity index (χ3n) is 4.06. The molecule has 24 heavy (non-hydrogen) atoms. The van der Waals surface area contributed by atoms with Crippen molar-refractivity contribution in [2.24, 2.45) is 4.99 Å². The van der Waals surface area contributed by atoms with Crippen molar-refractivity contribution in [1.29, 1.82) is 0 Å². The van der Waals surface area contributed by atoms with Crippen LogP contribution in [0.3, 0.4) is 0 Å². The van der Waals surface area contributed by atoms with Crippen LogP contribution in [0.4, 0.5) is 0 Å². The Labute approximate surface area is 165 Å². The summed E-state index contributed by atoms with van der Waals surface area (Å²) in [5.41, 5.74) is 1.34. The Balaban J connectivity index is 0.00000529. The van der Waals surface area contributed by atoms with E-state index in [-0.39, 0.29) is 24.0 Å². The van der Waals surface area contributed by atoms with E-state index in [1.165, 1.54) is 5.56 Å². The van der Waals surface area contributed by atoms with Crippen molar-refractivity contribution in [3.63, 3.8) is 0 Å². The smallest absolute Gasteiger partial charge is 0.193 e. The third kappa shape index (κ3) is 8.68. The SMILES string of the molecule is C=CCCCN(C)C(=NC)NCC(C)N(C)Cc1ccccc1.I. The average molecular weight is 444 g/mol. The lowest BCUT2D eigenvalue weighted by Crippen LogP contribution is -2.45. The molecule has 0 radical (unpaired) electrons. The Morgan fingerprint density at radius 1 is 1.29 bits per heavy atom. The number of aliphatic imine (C=N–C) groups is 1. The van der Waals surface area contributed by atoms with Gasteiger partial charge in [0.15, 0.2) is 5.96 Å². The van der Waals surface area contributed by atoms with Gasteiger partial charge in [0, 0.05) is 39.8 Å². The first-order valence-electron chi connectivity index (χ1n) is 8.35. The molecule has 1 unspecified atom stereocenters. The number of nitrogens with one attached hydrogen (secondary N) is 1. The van der Waals surface area contributed by atoms with Crippen LogP contribution >= 0.6 is 24.0 Å². The predicted octanol–water partition coefficient (Wildman–Crippen LogP) is 3.60. The second kappa shape index (κ2) is 13.2. The van der Waals surface area contributed by atoms with E-state index < -0.39 is 0 Å². The van der Waals surface area contributed by atoms with Crippen LogP contribution in [0.2, 0.25) is 0 Å². The monoisotopic (exact) mass is 444 g/mol. The predicted molar refractivity (Wildman–Crippen MR) is 116 cm³/mol. The molecule has 136 valence electrons. The Bertz CT molecular complexity index is 476. The maximum absolute atomic E-state index is 4.37. The summed E-state index contributed by atoms with van der Waals surface area (Å²) in [4.78, 5) is 8.90. The van der Waals surface area contributed by atoms with E-state index >= 15 is 0 Å². The van der Waals surface area contributed by atoms with Crippen LogP contribution in [0, 0.1) is 0 Å². The lowest BCUT2D eigenvalue weighted by molar-refractivity contribution is 0.248. The molecule has 1 rings (SSSR count). The molecule has 0 amide bonds. The molecule has 0 bridgehead atoms. The zero-order valence-corrected chi connectivity index (χ0v) is 17.9. The Hall–Kier alpha value is -1.08. The molecule has 5 heteroatoms. The van der Waals surface area contributed by atoms with Crippen LogP contribution in [-0.2, 0) is 6.54 Å². The number of likely N-dealkylation sites (N-methyl/N-ethyl adjacent to an activating group) is 1. The lowest BCUT2D eigenvalue weighted by atomic mass is 10.2. The molecule has 0 aliphatic heterocycles. The van der Waals surface area contributed by atoms with Crippen LogP contribution in [0.5, 0.6) is 0 Å². The molecule has 0 heterocycles. The van der Waals surface area contributed by atoms with Crippen molar-refractivity contribution < 1.29 is 0 Å². The molecular formula is C19H33IN4. The summed E-state index contributed by atoms with van der Waals surface area (Å²) in [5, 5.41) is 3.47. The fourth-order valence-corrected chi connectivity index (χ4v) is 2.39. The van der Waals surface area contributed by atoms with E-state index in [1.54, 1.807) is 0 Å². The molecule has 0 spiro atoms. The summed E-state index contributed by atoms with van der Waals surface area (Å²) in [5.74, 6) is 0.953. The van der Waals surface area contributed by atoms with Gasteiger partial charge in [0.25, 0.3) is 0 Å². The summed E-state index contributed by atoms with van der Waals surface area (Å²) in [6, 6.07) is 11.0. The zero-order valence-electron chi connectivity index (χ0n) is 15.5. The van der Waals surface area contributed by atoms with Gasteiger partial charge in [-0.3, -0.25) is 9.89 Å². The maximum Gasteiger partial charge on any atom is 0.193 e. The summed E-state index contributed by atoms with van der Waals surface area (Å²) in [6.07, 6.45) is 4.10. The van der Waals surface area contributed by atoms with Gasteiger partial charge in [0.1, 0.15) is 0 Å². The second-order valence-corrected chi connectivity index (χ2v) is 6.03. The first-order chi connectivity index (χ1) is 11.1. The van der Waals surface area contributed by atoms with Crippen molar-refractivity contribution >= 4 is 29.9 Å². The van der Waals surface area contributed by atoms with Gasteiger partial charge in [-0.25, -0.2) is 0 Å². The lowest BCUT2D eigenvalue weighted by Gasteiger charge is -2.28. The molecular weight excluding hydrogens is 411 g/mol. The van der Waals surface area contributed by atoms with Crippen molar-refractivity contribution in [2.75, 3.05) is 34.2 Å². The fraction of sp³-hybridized carbons (Fsp3) is 0.526. The molecule has 0 aromatic heterocycles. The van der Waals surface area contributed by atoms with Crippen molar-refractivity contribution in [2.45, 2.75) is 32.4 Å². The number of unbranched alkanes of at least 4 members (excludes halogenated alkanes) is 1. The van der Waals surface area contributed by atoms with Gasteiger partial charge in [-0.05, 0) is 32.4 Å². The first kappa shape index (κ1) is 22.9. The highest BCUT2D eigenvalue weighted by Gasteiger charge is 2.12. The van der Waals surface area contributed by atoms with Crippen LogP contribution in [-0.4, -0.2) is 56.0 Å². The number of nitrogens with zero attached hydrogens (tertiary/aromatic N) is 3. The van der Waals surface area contributed by atoms with Crippen LogP contribution in [0.25, 0.3) is 0 Å². The molecule has 0 saturated carbocycles. The van der Waals surface area contributed by atoms with Gasteiger partial charge in [-0.2, -0.15) is 0 Å². The highest BCUT2D eigenvalue weighted by atomic mass is 127. The molecule has 1 aromatic rings. The maximum atomic E-state index is 4.37. The zero-order chi connectivity index (χ0) is 17.1. The van der Waals surface area contributed by atoms with E-state index in [1.807, 2.05) is 13.1 Å². The first-order valence-corrected chi connectivity index (χ1v) is 8.35. The van der Waals surface area contributed by atoms with Crippen molar-refractivity contribution in [3.8, 4) is 0 Å². The largest absolute Gasteiger partial charge is 0.355 e. The number of hydrogen-bond donors (Lipinski definition) is 1. The Kier molecular flexibility index (Phi) is 12.6. The van der Waals surface area contributed by atoms with Gasteiger partial charge >= 0.3 is 0 Å². The molecule has 0 aliphatic carbocycles. The third-order valence-corrected chi connectivity index (χ3v) is 4.06. The summed E-state index contributed by atoms with van der Waals surface area (Å²) < 4.78 is 0. The summed E-state index contributed by atoms with van der Waals surface area (Å²) in [7, 11) is 6.08. The Morgan fingerprint density at radius 3 is 2.54 bits per heavy atom. The number of allylic oxidation sites excluding steroid dienone is 1. The summed E-state index contributed by atoms with van der Waals surface area (Å²) >= 11 is 0. The van der Waals surface area contributed by atoms with E-state index in [4.69, 9.17) is 0 Å². The van der Waals surface area contributed by atoms with Crippen LogP contribution in [0.1, 0.15) is 25.3 Å². The van der Waals surface area contributed by atoms with Crippen LogP contribution in [0.15, 0.2) is 48.0 Å². The molecule has 1 aromatic carbocycles. The van der Waals surface area contributed by atoms with Crippen molar-refractivity contribution in [3.05, 3.63) is 48.6 Å². The standard InChI is InChI=1S/C19H32N4.HI/c1-6-7-11-14-22(4)19(20-3)21-15-17(2)23(5)16-18-12-9-8-10-13-18;/h6,8-10,12-13,17H,1,7,11,14-16H2,2-5H3,(H,20,21);1H. The number of rotatable bonds is 9. The summed E-state index contributed by atoms with van der Waals surface area (Å²) in [6.45, 7) is 8.82. The molecule has 4 nitrogen and oxygen atoms in total. The molecule has 1 atom stereocenters. The van der Waals surface area contributed by atoms with Crippen LogP contribution < -0.4 is 5.32 Å². The van der Waals surface area contributed by atoms with Gasteiger partial charge in [-0.1, -0.05) is 36.4 Å². The van der Waals surface area contributed by atoms with E-state index in [0.29, 0.717) is 6.04 Å². The van der Waals surface area contributed by atoms with E-state index in [9.17, 15) is 0 Å². The highest BCUT2D eigenvalue weighted by molar-refractivity contribution is 14.0. The van der Waals surface area contributed by atoms with Gasteiger partial charge in [-0.15, -0.1) is 30.6 Å². The number of benzene rings is 1. The van der Waals surface area contributed by atoms with Gasteiger partial charge in [0.2, 0.25) is 0 Å². The molecule has 0 fully saturated rings. The quantitative estimate of drug-likeness (QED) is 0.208. The minimum atomic E-state index is 0. The van der Waals surface area contributed by atoms with Crippen molar-refractivity contribution in [1.82, 2.24) is 15.1 Å². The van der Waals surface area contributed by atoms with E-state index in [2.05, 4.69) is 78.0 Å². The van der Waals surface area contributed by atoms with Gasteiger partial charge < -0.3 is 10.2 Å². The Morgan fingerprint density at radius 2 is 1.96 bits per heavy atom. The molecule has 0 aliphatic rings. The highest BCUT2D eigenvalue weighted by Crippen LogP contribution is 2.05. The molecule has 0 saturated heterocycles. The fourth-order valence-electron chi connectivity index (χ4n) is 2.39. The van der Waals surface area contributed by atoms with E-state index in [0.717, 1.165) is 38.4 Å².